The smallest absolute Gasteiger partial charge is 0.0774 e. The quantitative estimate of drug-likeness (QED) is 0.554. The molecule has 3 heteroatoms. The normalized spacial score (nSPS) is 14.1. The van der Waals surface area contributed by atoms with Crippen LogP contribution in [0.15, 0.2) is 0 Å². The summed E-state index contributed by atoms with van der Waals surface area (Å²) in [5.74, 6) is 0. The summed E-state index contributed by atoms with van der Waals surface area (Å²) in [5, 5.41) is 8.72. The average Bonchev–Trinajstić information content (AvgIpc) is 1.68. The molecule has 0 amide bonds. The molecule has 7 heavy (non-hydrogen) atoms. The second-order valence-electron chi connectivity index (χ2n) is 1.40. The van der Waals surface area contributed by atoms with Crippen LogP contribution in [-0.4, -0.2) is 17.8 Å². The van der Waals surface area contributed by atoms with E-state index in [-0.39, 0.29) is 6.10 Å². The second kappa shape index (κ2) is 4.51. The van der Waals surface area contributed by atoms with Gasteiger partial charge in [-0.15, -0.1) is 0 Å². The van der Waals surface area contributed by atoms with E-state index in [9.17, 15) is 0 Å². The van der Waals surface area contributed by atoms with Crippen LogP contribution < -0.4 is 0 Å². The zero-order chi connectivity index (χ0) is 5.70. The molecule has 0 aliphatic heterocycles. The lowest BCUT2D eigenvalue weighted by molar-refractivity contribution is 0.114. The van der Waals surface area contributed by atoms with E-state index in [4.69, 9.17) is 5.11 Å². The molecule has 0 heterocycles. The van der Waals surface area contributed by atoms with Crippen molar-refractivity contribution in [2.45, 2.75) is 19.4 Å². The van der Waals surface area contributed by atoms with Crippen molar-refractivity contribution in [2.24, 2.45) is 0 Å². The maximum atomic E-state index is 8.72. The third-order valence-electron chi connectivity index (χ3n) is 0.760. The van der Waals surface area contributed by atoms with E-state index in [0.717, 1.165) is 6.42 Å². The molecule has 0 aliphatic rings. The molecule has 2 nitrogen and oxygen atoms in total. The Kier molecular flexibility index (Phi) is 4.73. The highest BCUT2D eigenvalue weighted by Gasteiger charge is 1.95. The van der Waals surface area contributed by atoms with E-state index in [2.05, 4.69) is 14.0 Å². The van der Waals surface area contributed by atoms with Crippen molar-refractivity contribution >= 4 is 9.47 Å². The SMILES string of the molecule is CC[C@H](O)COP. The van der Waals surface area contributed by atoms with Gasteiger partial charge in [-0.1, -0.05) is 6.92 Å². The van der Waals surface area contributed by atoms with Gasteiger partial charge in [-0.25, -0.2) is 0 Å². The molecule has 0 aromatic rings. The Bertz CT molecular complexity index is 40.7. The van der Waals surface area contributed by atoms with Gasteiger partial charge in [0.25, 0.3) is 0 Å². The van der Waals surface area contributed by atoms with Crippen LogP contribution >= 0.6 is 9.47 Å². The predicted molar refractivity (Wildman–Crippen MR) is 32.0 cm³/mol. The molecule has 1 unspecified atom stereocenters. The van der Waals surface area contributed by atoms with Crippen LogP contribution in [-0.2, 0) is 4.52 Å². The van der Waals surface area contributed by atoms with E-state index in [1.165, 1.54) is 0 Å². The molecule has 0 aromatic heterocycles. The number of rotatable bonds is 3. The van der Waals surface area contributed by atoms with E-state index >= 15 is 0 Å². The number of hydrogen-bond acceptors (Lipinski definition) is 2. The summed E-state index contributed by atoms with van der Waals surface area (Å²) in [6, 6.07) is 0. The summed E-state index contributed by atoms with van der Waals surface area (Å²) in [5.41, 5.74) is 0. The molecule has 0 aliphatic carbocycles. The third-order valence-corrected chi connectivity index (χ3v) is 0.952. The zero-order valence-electron chi connectivity index (χ0n) is 4.42. The van der Waals surface area contributed by atoms with Crippen molar-refractivity contribution in [3.05, 3.63) is 0 Å². The van der Waals surface area contributed by atoms with Gasteiger partial charge >= 0.3 is 0 Å². The number of hydrogen-bond donors (Lipinski definition) is 1. The Morgan fingerprint density at radius 1 is 1.86 bits per heavy atom. The zero-order valence-corrected chi connectivity index (χ0v) is 5.58. The molecule has 0 radical (unpaired) electrons. The summed E-state index contributed by atoms with van der Waals surface area (Å²) < 4.78 is 4.56. The lowest BCUT2D eigenvalue weighted by Gasteiger charge is -2.02. The minimum atomic E-state index is -0.294. The molecular weight excluding hydrogens is 111 g/mol. The molecule has 0 aromatic carbocycles. The molecule has 0 spiro atoms. The fourth-order valence-electron chi connectivity index (χ4n) is 0.229. The van der Waals surface area contributed by atoms with Crippen LogP contribution in [0.3, 0.4) is 0 Å². The Morgan fingerprint density at radius 2 is 2.43 bits per heavy atom. The minimum Gasteiger partial charge on any atom is -0.391 e. The van der Waals surface area contributed by atoms with Crippen LogP contribution in [0.5, 0.6) is 0 Å². The van der Waals surface area contributed by atoms with E-state index in [1.54, 1.807) is 0 Å². The summed E-state index contributed by atoms with van der Waals surface area (Å²) in [4.78, 5) is 0. The van der Waals surface area contributed by atoms with E-state index < -0.39 is 0 Å². The lowest BCUT2D eigenvalue weighted by Crippen LogP contribution is -2.09. The molecule has 1 N–H and O–H groups in total. The Balaban J connectivity index is 2.83. The van der Waals surface area contributed by atoms with Gasteiger partial charge < -0.3 is 9.63 Å². The highest BCUT2D eigenvalue weighted by molar-refractivity contribution is 7.09. The van der Waals surface area contributed by atoms with Crippen molar-refractivity contribution < 1.29 is 9.63 Å². The second-order valence-corrected chi connectivity index (χ2v) is 1.73. The molecule has 0 saturated heterocycles. The van der Waals surface area contributed by atoms with Crippen LogP contribution in [0.4, 0.5) is 0 Å². The summed E-state index contributed by atoms with van der Waals surface area (Å²) in [6.07, 6.45) is 0.464. The van der Waals surface area contributed by atoms with Crippen LogP contribution in [0, 0.1) is 0 Å². The molecular formula is C4H11O2P. The molecule has 44 valence electrons. The molecule has 0 rings (SSSR count). The van der Waals surface area contributed by atoms with Crippen LogP contribution in [0.25, 0.3) is 0 Å². The molecule has 2 atom stereocenters. The van der Waals surface area contributed by atoms with Gasteiger partial charge in [-0.3, -0.25) is 0 Å². The van der Waals surface area contributed by atoms with Gasteiger partial charge in [0.1, 0.15) is 0 Å². The topological polar surface area (TPSA) is 29.5 Å². The highest BCUT2D eigenvalue weighted by Crippen LogP contribution is 1.93. The van der Waals surface area contributed by atoms with Gasteiger partial charge in [0.15, 0.2) is 0 Å². The van der Waals surface area contributed by atoms with Crippen molar-refractivity contribution in [3.63, 3.8) is 0 Å². The largest absolute Gasteiger partial charge is 0.391 e. The van der Waals surface area contributed by atoms with Gasteiger partial charge in [0, 0.05) is 9.47 Å². The first-order valence-electron chi connectivity index (χ1n) is 2.31. The standard InChI is InChI=1S/C4H11O2P/c1-2-4(5)3-6-7/h4-5H,2-3,7H2,1H3/t4-/m0/s1. The monoisotopic (exact) mass is 122 g/mol. The third kappa shape index (κ3) is 4.20. The number of aliphatic hydroxyl groups is 1. The van der Waals surface area contributed by atoms with Crippen molar-refractivity contribution in [2.75, 3.05) is 6.61 Å². The summed E-state index contributed by atoms with van der Waals surface area (Å²) >= 11 is 0. The first-order valence-corrected chi connectivity index (χ1v) is 2.78. The first kappa shape index (κ1) is 7.35. The van der Waals surface area contributed by atoms with Crippen molar-refractivity contribution in [3.8, 4) is 0 Å². The van der Waals surface area contributed by atoms with Gasteiger partial charge in [0.2, 0.25) is 0 Å². The maximum absolute atomic E-state index is 8.72. The average molecular weight is 122 g/mol. The van der Waals surface area contributed by atoms with Crippen molar-refractivity contribution in [1.82, 2.24) is 0 Å². The number of aliphatic hydroxyl groups excluding tert-OH is 1. The van der Waals surface area contributed by atoms with Gasteiger partial charge in [-0.2, -0.15) is 0 Å². The Hall–Kier alpha value is 0.350. The minimum absolute atomic E-state index is 0.294. The Labute approximate surface area is 46.2 Å². The summed E-state index contributed by atoms with van der Waals surface area (Å²) in [7, 11) is 2.09. The first-order chi connectivity index (χ1) is 3.31. The maximum Gasteiger partial charge on any atom is 0.0774 e. The Morgan fingerprint density at radius 3 is 2.57 bits per heavy atom. The lowest BCUT2D eigenvalue weighted by atomic mass is 10.3. The van der Waals surface area contributed by atoms with Crippen LogP contribution in [0.2, 0.25) is 0 Å². The predicted octanol–water partition coefficient (Wildman–Crippen LogP) is 0.564. The fourth-order valence-corrected chi connectivity index (χ4v) is 0.451. The van der Waals surface area contributed by atoms with Crippen LogP contribution in [0.1, 0.15) is 13.3 Å². The molecule has 0 saturated carbocycles. The molecule has 0 fully saturated rings. The fraction of sp³-hybridized carbons (Fsp3) is 1.00. The summed E-state index contributed by atoms with van der Waals surface area (Å²) in [6.45, 7) is 2.33. The van der Waals surface area contributed by atoms with E-state index in [1.807, 2.05) is 6.92 Å². The van der Waals surface area contributed by atoms with Gasteiger partial charge in [0.05, 0.1) is 12.7 Å². The van der Waals surface area contributed by atoms with Crippen molar-refractivity contribution in [1.29, 1.82) is 0 Å². The van der Waals surface area contributed by atoms with Gasteiger partial charge in [-0.05, 0) is 6.42 Å². The van der Waals surface area contributed by atoms with E-state index in [0.29, 0.717) is 6.61 Å². The highest BCUT2D eigenvalue weighted by atomic mass is 31.0. The molecule has 0 bridgehead atoms.